The van der Waals surface area contributed by atoms with Gasteiger partial charge in [0, 0.05) is 22.5 Å². The molecule has 6 nitrogen and oxygen atoms in total. The van der Waals surface area contributed by atoms with Gasteiger partial charge in [0.05, 0.1) is 0 Å². The Balaban J connectivity index is 1.92. The summed E-state index contributed by atoms with van der Waals surface area (Å²) in [4.78, 5) is 24.3. The average molecular weight is 357 g/mol. The Morgan fingerprint density at radius 3 is 2.15 bits per heavy atom. The third kappa shape index (κ3) is 5.12. The van der Waals surface area contributed by atoms with Crippen molar-refractivity contribution in [2.45, 2.75) is 46.6 Å². The highest BCUT2D eigenvalue weighted by atomic mass is 16.5. The van der Waals surface area contributed by atoms with E-state index in [1.807, 2.05) is 46.8 Å². The molecule has 1 aromatic carbocycles. The lowest BCUT2D eigenvalue weighted by atomic mass is 10.0. The molecule has 0 aliphatic carbocycles. The van der Waals surface area contributed by atoms with Crippen LogP contribution in [0.5, 0.6) is 5.75 Å². The number of benzene rings is 1. The van der Waals surface area contributed by atoms with Crippen molar-refractivity contribution in [2.75, 3.05) is 12.0 Å². The minimum absolute atomic E-state index is 0.0588. The zero-order chi connectivity index (χ0) is 19.3. The van der Waals surface area contributed by atoms with Gasteiger partial charge in [0.1, 0.15) is 5.75 Å². The number of hydrogen-bond acceptors (Lipinski definition) is 3. The Labute approximate surface area is 154 Å². The number of carbonyl (C=O) groups excluding carboxylic acids is 2. The first-order valence-corrected chi connectivity index (χ1v) is 8.72. The van der Waals surface area contributed by atoms with Crippen molar-refractivity contribution in [2.24, 2.45) is 0 Å². The molecular weight excluding hydrogens is 330 g/mol. The van der Waals surface area contributed by atoms with E-state index in [0.717, 1.165) is 17.8 Å². The zero-order valence-electron chi connectivity index (χ0n) is 16.1. The second-order valence-corrected chi connectivity index (χ2v) is 6.99. The molecule has 0 fully saturated rings. The van der Waals surface area contributed by atoms with Gasteiger partial charge in [-0.2, -0.15) is 0 Å². The summed E-state index contributed by atoms with van der Waals surface area (Å²) in [7, 11) is 0. The van der Waals surface area contributed by atoms with E-state index < -0.39 is 0 Å². The Hall–Kier alpha value is -2.76. The van der Waals surface area contributed by atoms with Gasteiger partial charge < -0.3 is 10.1 Å². The van der Waals surface area contributed by atoms with Gasteiger partial charge in [0.15, 0.2) is 6.61 Å². The number of aryl methyl sites for hydroxylation is 2. The number of amides is 2. The van der Waals surface area contributed by atoms with Gasteiger partial charge in [-0.25, -0.2) is 0 Å². The molecule has 0 bridgehead atoms. The monoisotopic (exact) mass is 357 g/mol. The molecule has 140 valence electrons. The number of nitrogens with zero attached hydrogens (tertiary/aromatic N) is 1. The van der Waals surface area contributed by atoms with Crippen LogP contribution in [0.15, 0.2) is 36.4 Å². The van der Waals surface area contributed by atoms with Gasteiger partial charge >= 0.3 is 0 Å². The van der Waals surface area contributed by atoms with Gasteiger partial charge in [-0.3, -0.25) is 19.7 Å². The second kappa shape index (κ2) is 8.08. The van der Waals surface area contributed by atoms with E-state index in [0.29, 0.717) is 11.3 Å². The molecule has 2 N–H and O–H groups in total. The highest BCUT2D eigenvalue weighted by Gasteiger charge is 2.18. The lowest BCUT2D eigenvalue weighted by molar-refractivity contribution is -0.124. The molecule has 0 aliphatic rings. The third-order valence-corrected chi connectivity index (χ3v) is 4.33. The SMILES string of the molecule is CCC(C)(C)NC(=O)COc1ccc(C(=O)Nn2c(C)ccc2C)cc1. The quantitative estimate of drug-likeness (QED) is 0.799. The Morgan fingerprint density at radius 1 is 1.04 bits per heavy atom. The Kier molecular flexibility index (Phi) is 6.08. The molecule has 0 aliphatic heterocycles. The van der Waals surface area contributed by atoms with Crippen molar-refractivity contribution in [3.05, 3.63) is 53.3 Å². The molecule has 1 aromatic heterocycles. The van der Waals surface area contributed by atoms with Crippen LogP contribution in [-0.2, 0) is 4.79 Å². The number of rotatable bonds is 7. The van der Waals surface area contributed by atoms with Crippen molar-refractivity contribution in [1.29, 1.82) is 0 Å². The van der Waals surface area contributed by atoms with Crippen molar-refractivity contribution in [3.8, 4) is 5.75 Å². The van der Waals surface area contributed by atoms with E-state index in [9.17, 15) is 9.59 Å². The number of aromatic nitrogens is 1. The topological polar surface area (TPSA) is 72.4 Å². The second-order valence-electron chi connectivity index (χ2n) is 6.99. The first-order valence-electron chi connectivity index (χ1n) is 8.72. The maximum Gasteiger partial charge on any atom is 0.270 e. The number of ether oxygens (including phenoxy) is 1. The molecule has 0 saturated carbocycles. The molecule has 6 heteroatoms. The molecule has 0 saturated heterocycles. The average Bonchev–Trinajstić information content (AvgIpc) is 2.92. The molecule has 2 aromatic rings. The van der Waals surface area contributed by atoms with Gasteiger partial charge in [0.2, 0.25) is 0 Å². The summed E-state index contributed by atoms with van der Waals surface area (Å²) in [5.41, 5.74) is 5.02. The van der Waals surface area contributed by atoms with E-state index in [2.05, 4.69) is 10.7 Å². The van der Waals surface area contributed by atoms with Crippen molar-refractivity contribution in [1.82, 2.24) is 9.99 Å². The van der Waals surface area contributed by atoms with E-state index in [1.165, 1.54) is 0 Å². The van der Waals surface area contributed by atoms with E-state index in [4.69, 9.17) is 4.74 Å². The fourth-order valence-corrected chi connectivity index (χ4v) is 2.36. The van der Waals surface area contributed by atoms with Gasteiger partial charge in [0.25, 0.3) is 11.8 Å². The first kappa shape index (κ1) is 19.6. The minimum Gasteiger partial charge on any atom is -0.484 e. The largest absolute Gasteiger partial charge is 0.484 e. The van der Waals surface area contributed by atoms with E-state index in [-0.39, 0.29) is 24.0 Å². The van der Waals surface area contributed by atoms with Gasteiger partial charge in [-0.1, -0.05) is 6.92 Å². The predicted octanol–water partition coefficient (Wildman–Crippen LogP) is 3.17. The van der Waals surface area contributed by atoms with Crippen LogP contribution >= 0.6 is 0 Å². The molecule has 2 rings (SSSR count). The maximum atomic E-state index is 12.3. The summed E-state index contributed by atoms with van der Waals surface area (Å²) < 4.78 is 7.23. The number of nitrogens with one attached hydrogen (secondary N) is 2. The van der Waals surface area contributed by atoms with Crippen molar-refractivity contribution >= 4 is 11.8 Å². The van der Waals surface area contributed by atoms with Gasteiger partial charge in [-0.15, -0.1) is 0 Å². The van der Waals surface area contributed by atoms with Crippen molar-refractivity contribution < 1.29 is 14.3 Å². The number of carbonyl (C=O) groups is 2. The van der Waals surface area contributed by atoms with Crippen LogP contribution < -0.4 is 15.5 Å². The summed E-state index contributed by atoms with van der Waals surface area (Å²) in [5.74, 6) is 0.165. The minimum atomic E-state index is -0.253. The molecule has 2 amide bonds. The first-order chi connectivity index (χ1) is 12.2. The lowest BCUT2D eigenvalue weighted by Gasteiger charge is -2.24. The molecule has 1 heterocycles. The zero-order valence-corrected chi connectivity index (χ0v) is 16.1. The Bertz CT molecular complexity index is 757. The third-order valence-electron chi connectivity index (χ3n) is 4.33. The fourth-order valence-electron chi connectivity index (χ4n) is 2.36. The van der Waals surface area contributed by atoms with E-state index >= 15 is 0 Å². The number of hydrogen-bond donors (Lipinski definition) is 2. The highest BCUT2D eigenvalue weighted by molar-refractivity contribution is 6.00. The molecule has 0 atom stereocenters. The van der Waals surface area contributed by atoms with Crippen LogP contribution in [0, 0.1) is 13.8 Å². The summed E-state index contributed by atoms with van der Waals surface area (Å²) in [6.07, 6.45) is 0.836. The summed E-state index contributed by atoms with van der Waals surface area (Å²) in [6.45, 7) is 9.74. The van der Waals surface area contributed by atoms with Crippen LogP contribution in [0.1, 0.15) is 48.9 Å². The summed E-state index contributed by atoms with van der Waals surface area (Å²) >= 11 is 0. The lowest BCUT2D eigenvalue weighted by Crippen LogP contribution is -2.44. The van der Waals surface area contributed by atoms with Crippen LogP contribution in [0.2, 0.25) is 0 Å². The molecule has 26 heavy (non-hydrogen) atoms. The van der Waals surface area contributed by atoms with Gasteiger partial charge in [-0.05, 0) is 70.5 Å². The standard InChI is InChI=1S/C20H27N3O3/c1-6-20(4,5)21-18(24)13-26-17-11-9-16(10-12-17)19(25)22-23-14(2)7-8-15(23)3/h7-12H,6,13H2,1-5H3,(H,21,24)(H,22,25). The highest BCUT2D eigenvalue weighted by Crippen LogP contribution is 2.13. The maximum absolute atomic E-state index is 12.3. The van der Waals surface area contributed by atoms with Crippen LogP contribution in [-0.4, -0.2) is 28.6 Å². The molecule has 0 unspecified atom stereocenters. The molecular formula is C20H27N3O3. The molecule has 0 radical (unpaired) electrons. The summed E-state index contributed by atoms with van der Waals surface area (Å²) in [6, 6.07) is 10.6. The van der Waals surface area contributed by atoms with Crippen LogP contribution in [0.4, 0.5) is 0 Å². The predicted molar refractivity (Wildman–Crippen MR) is 102 cm³/mol. The summed E-state index contributed by atoms with van der Waals surface area (Å²) in [5, 5.41) is 2.91. The smallest absolute Gasteiger partial charge is 0.270 e. The normalized spacial score (nSPS) is 11.1. The fraction of sp³-hybridized carbons (Fsp3) is 0.400. The molecule has 0 spiro atoms. The van der Waals surface area contributed by atoms with Crippen LogP contribution in [0.25, 0.3) is 0 Å². The van der Waals surface area contributed by atoms with Crippen molar-refractivity contribution in [3.63, 3.8) is 0 Å². The van der Waals surface area contributed by atoms with Crippen LogP contribution in [0.3, 0.4) is 0 Å². The van der Waals surface area contributed by atoms with E-state index in [1.54, 1.807) is 28.9 Å². The Morgan fingerprint density at radius 2 is 1.62 bits per heavy atom.